The van der Waals surface area contributed by atoms with E-state index in [1.165, 1.54) is 6.26 Å². The summed E-state index contributed by atoms with van der Waals surface area (Å²) in [6.45, 7) is 4.06. The Hall–Kier alpha value is -1.79. The van der Waals surface area contributed by atoms with Gasteiger partial charge in [0.15, 0.2) is 11.7 Å². The highest BCUT2D eigenvalue weighted by Crippen LogP contribution is 2.27. The number of thioether (sulfide) groups is 1. The van der Waals surface area contributed by atoms with Crippen LogP contribution in [0.15, 0.2) is 39.7 Å². The Morgan fingerprint density at radius 2 is 2.09 bits per heavy atom. The van der Waals surface area contributed by atoms with Crippen LogP contribution in [-0.4, -0.2) is 23.5 Å². The van der Waals surface area contributed by atoms with Crippen molar-refractivity contribution < 1.29 is 13.9 Å². The minimum absolute atomic E-state index is 0.0810. The molecule has 1 saturated heterocycles. The highest BCUT2D eigenvalue weighted by molar-refractivity contribution is 7.99. The van der Waals surface area contributed by atoms with Crippen molar-refractivity contribution in [1.29, 1.82) is 0 Å². The first-order chi connectivity index (χ1) is 11.1. The SMILES string of the molecule is CCSCC(C)C1OC(c2coc3ccccc3c2=O)NC1=O. The molecule has 6 heteroatoms. The van der Waals surface area contributed by atoms with Gasteiger partial charge in [-0.05, 0) is 23.6 Å². The molecule has 1 fully saturated rings. The van der Waals surface area contributed by atoms with Crippen LogP contribution < -0.4 is 10.7 Å². The molecule has 1 aromatic heterocycles. The molecule has 2 heterocycles. The van der Waals surface area contributed by atoms with Crippen molar-refractivity contribution in [3.8, 4) is 0 Å². The number of carbonyl (C=O) groups excluding carboxylic acids is 1. The smallest absolute Gasteiger partial charge is 0.251 e. The number of nitrogens with one attached hydrogen (secondary N) is 1. The number of amides is 1. The Kier molecular flexibility index (Phi) is 4.73. The fraction of sp³-hybridized carbons (Fsp3) is 0.412. The summed E-state index contributed by atoms with van der Waals surface area (Å²) in [5.41, 5.74) is 0.679. The molecule has 0 radical (unpaired) electrons. The molecule has 2 aromatic rings. The van der Waals surface area contributed by atoms with Crippen LogP contribution in [0.25, 0.3) is 11.0 Å². The number of carbonyl (C=O) groups is 1. The van der Waals surface area contributed by atoms with Gasteiger partial charge >= 0.3 is 0 Å². The minimum Gasteiger partial charge on any atom is -0.464 e. The van der Waals surface area contributed by atoms with Crippen molar-refractivity contribution in [1.82, 2.24) is 5.32 Å². The Bertz CT molecular complexity index is 773. The highest BCUT2D eigenvalue weighted by atomic mass is 32.2. The van der Waals surface area contributed by atoms with Gasteiger partial charge in [0.2, 0.25) is 0 Å². The average Bonchev–Trinajstić information content (AvgIpc) is 2.95. The Balaban J connectivity index is 1.85. The van der Waals surface area contributed by atoms with E-state index in [9.17, 15) is 9.59 Å². The summed E-state index contributed by atoms with van der Waals surface area (Å²) >= 11 is 1.77. The summed E-state index contributed by atoms with van der Waals surface area (Å²) in [6, 6.07) is 7.03. The molecular weight excluding hydrogens is 314 g/mol. The second kappa shape index (κ2) is 6.76. The molecule has 0 spiro atoms. The standard InChI is InChI=1S/C17H19NO4S/c1-3-23-9-10(2)15-16(20)18-17(22-15)12-8-21-13-7-5-4-6-11(13)14(12)19/h4-8,10,15,17H,3,9H2,1-2H3,(H,18,20). The molecule has 3 unspecified atom stereocenters. The van der Waals surface area contributed by atoms with Crippen molar-refractivity contribution in [2.24, 2.45) is 5.92 Å². The lowest BCUT2D eigenvalue weighted by molar-refractivity contribution is -0.125. The van der Waals surface area contributed by atoms with Crippen molar-refractivity contribution in [2.45, 2.75) is 26.2 Å². The molecule has 1 aromatic carbocycles. The Morgan fingerprint density at radius 3 is 2.87 bits per heavy atom. The fourth-order valence-electron chi connectivity index (χ4n) is 2.66. The van der Waals surface area contributed by atoms with E-state index in [1.807, 2.05) is 13.0 Å². The van der Waals surface area contributed by atoms with Crippen molar-refractivity contribution in [3.63, 3.8) is 0 Å². The molecule has 1 aliphatic heterocycles. The zero-order valence-corrected chi connectivity index (χ0v) is 13.9. The van der Waals surface area contributed by atoms with Crippen molar-refractivity contribution in [3.05, 3.63) is 46.3 Å². The number of hydrogen-bond acceptors (Lipinski definition) is 5. The summed E-state index contributed by atoms with van der Waals surface area (Å²) < 4.78 is 11.3. The zero-order valence-electron chi connectivity index (χ0n) is 13.1. The molecule has 1 aliphatic rings. The molecule has 1 amide bonds. The van der Waals surface area contributed by atoms with Gasteiger partial charge in [0.1, 0.15) is 18.0 Å². The third-order valence-electron chi connectivity index (χ3n) is 3.91. The molecule has 0 aliphatic carbocycles. The van der Waals surface area contributed by atoms with Crippen LogP contribution in [0.3, 0.4) is 0 Å². The molecule has 3 atom stereocenters. The monoisotopic (exact) mass is 333 g/mol. The predicted molar refractivity (Wildman–Crippen MR) is 90.4 cm³/mol. The maximum atomic E-state index is 12.6. The van der Waals surface area contributed by atoms with E-state index in [4.69, 9.17) is 9.15 Å². The summed E-state index contributed by atoms with van der Waals surface area (Å²) in [4.78, 5) is 24.7. The van der Waals surface area contributed by atoms with E-state index >= 15 is 0 Å². The van der Waals surface area contributed by atoms with Gasteiger partial charge in [-0.1, -0.05) is 26.0 Å². The minimum atomic E-state index is -0.748. The van der Waals surface area contributed by atoms with Gasteiger partial charge in [-0.25, -0.2) is 0 Å². The molecule has 0 saturated carbocycles. The lowest BCUT2D eigenvalue weighted by Gasteiger charge is -2.16. The van der Waals surface area contributed by atoms with E-state index in [-0.39, 0.29) is 17.3 Å². The van der Waals surface area contributed by atoms with E-state index in [2.05, 4.69) is 12.2 Å². The van der Waals surface area contributed by atoms with E-state index in [0.29, 0.717) is 16.5 Å². The summed E-state index contributed by atoms with van der Waals surface area (Å²) in [5.74, 6) is 1.74. The van der Waals surface area contributed by atoms with Crippen LogP contribution in [0.1, 0.15) is 25.6 Å². The summed E-state index contributed by atoms with van der Waals surface area (Å²) in [7, 11) is 0. The number of benzene rings is 1. The first kappa shape index (κ1) is 16.1. The van der Waals surface area contributed by atoms with Crippen LogP contribution in [0.2, 0.25) is 0 Å². The number of para-hydroxylation sites is 1. The van der Waals surface area contributed by atoms with Crippen LogP contribution >= 0.6 is 11.8 Å². The number of ether oxygens (including phenoxy) is 1. The van der Waals surface area contributed by atoms with Crippen molar-refractivity contribution >= 4 is 28.6 Å². The first-order valence-electron chi connectivity index (χ1n) is 7.65. The lowest BCUT2D eigenvalue weighted by Crippen LogP contribution is -2.30. The molecule has 23 heavy (non-hydrogen) atoms. The van der Waals surface area contributed by atoms with Gasteiger partial charge in [-0.3, -0.25) is 9.59 Å². The quantitative estimate of drug-likeness (QED) is 0.911. The molecule has 122 valence electrons. The van der Waals surface area contributed by atoms with Gasteiger partial charge in [-0.2, -0.15) is 11.8 Å². The van der Waals surface area contributed by atoms with Gasteiger partial charge in [0.05, 0.1) is 10.9 Å². The zero-order chi connectivity index (χ0) is 16.4. The van der Waals surface area contributed by atoms with E-state index in [0.717, 1.165) is 11.5 Å². The number of hydrogen-bond donors (Lipinski definition) is 1. The maximum Gasteiger partial charge on any atom is 0.251 e. The molecular formula is C17H19NO4S. The van der Waals surface area contributed by atoms with Gasteiger partial charge in [-0.15, -0.1) is 0 Å². The van der Waals surface area contributed by atoms with Crippen LogP contribution in [-0.2, 0) is 9.53 Å². The van der Waals surface area contributed by atoms with Crippen LogP contribution in [0, 0.1) is 5.92 Å². The molecule has 5 nitrogen and oxygen atoms in total. The Morgan fingerprint density at radius 1 is 1.30 bits per heavy atom. The van der Waals surface area contributed by atoms with E-state index < -0.39 is 12.3 Å². The second-order valence-corrected chi connectivity index (χ2v) is 6.92. The third-order valence-corrected chi connectivity index (χ3v) is 5.08. The average molecular weight is 333 g/mol. The normalized spacial score (nSPS) is 22.3. The number of rotatable bonds is 5. The van der Waals surface area contributed by atoms with Gasteiger partial charge in [0, 0.05) is 5.92 Å². The largest absolute Gasteiger partial charge is 0.464 e. The maximum absolute atomic E-state index is 12.6. The Labute approximate surface area is 138 Å². The molecule has 3 rings (SSSR count). The number of fused-ring (bicyclic) bond motifs is 1. The second-order valence-electron chi connectivity index (χ2n) is 5.60. The van der Waals surface area contributed by atoms with Crippen molar-refractivity contribution in [2.75, 3.05) is 11.5 Å². The predicted octanol–water partition coefficient (Wildman–Crippen LogP) is 2.70. The first-order valence-corrected chi connectivity index (χ1v) is 8.81. The van der Waals surface area contributed by atoms with Crippen LogP contribution in [0.4, 0.5) is 0 Å². The van der Waals surface area contributed by atoms with Gasteiger partial charge < -0.3 is 14.5 Å². The summed E-state index contributed by atoms with van der Waals surface area (Å²) in [6.07, 6.45) is 0.0936. The molecule has 0 bridgehead atoms. The highest BCUT2D eigenvalue weighted by Gasteiger charge is 2.38. The fourth-order valence-corrected chi connectivity index (χ4v) is 3.44. The van der Waals surface area contributed by atoms with Gasteiger partial charge in [0.25, 0.3) is 5.91 Å². The van der Waals surface area contributed by atoms with Crippen LogP contribution in [0.5, 0.6) is 0 Å². The lowest BCUT2D eigenvalue weighted by atomic mass is 10.1. The molecule has 1 N–H and O–H groups in total. The topological polar surface area (TPSA) is 68.5 Å². The van der Waals surface area contributed by atoms with E-state index in [1.54, 1.807) is 30.0 Å². The third kappa shape index (κ3) is 3.14. The summed E-state index contributed by atoms with van der Waals surface area (Å²) in [5, 5.41) is 3.24.